The Morgan fingerprint density at radius 2 is 1.43 bits per heavy atom. The van der Waals surface area contributed by atoms with Crippen molar-refractivity contribution in [3.8, 4) is 12.1 Å². The Kier molecular flexibility index (Phi) is 8.92. The van der Waals surface area contributed by atoms with E-state index >= 15 is 0 Å². The van der Waals surface area contributed by atoms with Crippen LogP contribution in [0.25, 0.3) is 23.3 Å². The van der Waals surface area contributed by atoms with Gasteiger partial charge in [-0.3, -0.25) is 0 Å². The SMILES string of the molecule is CCCCN1c2ccc(/C=C(\C#N)c3ccc(Br)cc3)cc2Sc2c(/C=C(\C#N)c3ccc(Br)cc3)cccc21. The Morgan fingerprint density at radius 1 is 0.800 bits per heavy atom. The molecule has 3 nitrogen and oxygen atoms in total. The molecule has 0 fully saturated rings. The van der Waals surface area contributed by atoms with Crippen molar-refractivity contribution in [3.05, 3.63) is 116 Å². The van der Waals surface area contributed by atoms with Crippen LogP contribution in [0.3, 0.4) is 0 Å². The van der Waals surface area contributed by atoms with E-state index in [1.807, 2.05) is 60.7 Å². The second kappa shape index (κ2) is 12.7. The Bertz CT molecular complexity index is 1690. The smallest absolute Gasteiger partial charge is 0.0998 e. The van der Waals surface area contributed by atoms with Gasteiger partial charge in [0.25, 0.3) is 0 Å². The lowest BCUT2D eigenvalue weighted by molar-refractivity contribution is 0.777. The van der Waals surface area contributed by atoms with Crippen LogP contribution in [0.5, 0.6) is 0 Å². The van der Waals surface area contributed by atoms with Gasteiger partial charge in [0.2, 0.25) is 0 Å². The maximum Gasteiger partial charge on any atom is 0.0998 e. The molecule has 196 valence electrons. The van der Waals surface area contributed by atoms with Crippen LogP contribution < -0.4 is 4.90 Å². The van der Waals surface area contributed by atoms with E-state index in [1.165, 1.54) is 5.69 Å². The van der Waals surface area contributed by atoms with Gasteiger partial charge in [0, 0.05) is 25.3 Å². The Hall–Kier alpha value is -3.55. The summed E-state index contributed by atoms with van der Waals surface area (Å²) in [6.07, 6.45) is 6.09. The van der Waals surface area contributed by atoms with E-state index < -0.39 is 0 Å². The van der Waals surface area contributed by atoms with Crippen molar-refractivity contribution in [1.82, 2.24) is 0 Å². The highest BCUT2D eigenvalue weighted by Crippen LogP contribution is 2.50. The molecule has 4 aromatic carbocycles. The molecule has 5 rings (SSSR count). The zero-order valence-electron chi connectivity index (χ0n) is 21.9. The molecule has 40 heavy (non-hydrogen) atoms. The zero-order valence-corrected chi connectivity index (χ0v) is 25.9. The molecular formula is C34H25Br2N3S. The van der Waals surface area contributed by atoms with E-state index in [0.29, 0.717) is 11.1 Å². The maximum absolute atomic E-state index is 10.0. The van der Waals surface area contributed by atoms with Crippen LogP contribution in [0.4, 0.5) is 11.4 Å². The lowest BCUT2D eigenvalue weighted by Gasteiger charge is -2.34. The van der Waals surface area contributed by atoms with Crippen LogP contribution in [0.1, 0.15) is 42.0 Å². The van der Waals surface area contributed by atoms with Gasteiger partial charge in [-0.25, -0.2) is 0 Å². The van der Waals surface area contributed by atoms with Crippen molar-refractivity contribution in [3.63, 3.8) is 0 Å². The first-order chi connectivity index (χ1) is 19.5. The second-order valence-electron chi connectivity index (χ2n) is 9.38. The number of hydrogen-bond donors (Lipinski definition) is 0. The summed E-state index contributed by atoms with van der Waals surface area (Å²) < 4.78 is 1.96. The van der Waals surface area contributed by atoms with Gasteiger partial charge < -0.3 is 4.90 Å². The highest BCUT2D eigenvalue weighted by atomic mass is 79.9. The van der Waals surface area contributed by atoms with E-state index in [4.69, 9.17) is 0 Å². The van der Waals surface area contributed by atoms with Crippen LogP contribution in [-0.4, -0.2) is 6.54 Å². The maximum atomic E-state index is 10.0. The van der Waals surface area contributed by atoms with Crippen molar-refractivity contribution in [1.29, 1.82) is 10.5 Å². The molecule has 0 unspecified atom stereocenters. The third-order valence-corrected chi connectivity index (χ3v) is 8.95. The summed E-state index contributed by atoms with van der Waals surface area (Å²) >= 11 is 8.67. The summed E-state index contributed by atoms with van der Waals surface area (Å²) in [6, 6.07) is 33.1. The molecule has 0 radical (unpaired) electrons. The van der Waals surface area contributed by atoms with Gasteiger partial charge in [-0.05, 0) is 83.3 Å². The number of rotatable bonds is 7. The summed E-state index contributed by atoms with van der Waals surface area (Å²) in [5, 5.41) is 19.9. The van der Waals surface area contributed by atoms with Gasteiger partial charge in [0.05, 0.1) is 34.7 Å². The minimum atomic E-state index is 0.619. The fourth-order valence-electron chi connectivity index (χ4n) is 4.64. The Morgan fingerprint density at radius 3 is 2.02 bits per heavy atom. The number of anilines is 2. The molecule has 1 aliphatic heterocycles. The van der Waals surface area contributed by atoms with E-state index in [2.05, 4.69) is 92.2 Å². The van der Waals surface area contributed by atoms with Gasteiger partial charge in [-0.15, -0.1) is 0 Å². The van der Waals surface area contributed by atoms with Crippen molar-refractivity contribution in [2.45, 2.75) is 29.6 Å². The average molecular weight is 667 g/mol. The molecule has 0 saturated carbocycles. The van der Waals surface area contributed by atoms with E-state index in [9.17, 15) is 10.5 Å². The molecule has 0 N–H and O–H groups in total. The molecule has 0 aromatic heterocycles. The van der Waals surface area contributed by atoms with E-state index in [-0.39, 0.29) is 0 Å². The number of unbranched alkanes of at least 4 members (excludes halogenated alkanes) is 1. The molecular weight excluding hydrogens is 642 g/mol. The van der Waals surface area contributed by atoms with Gasteiger partial charge in [0.1, 0.15) is 0 Å². The van der Waals surface area contributed by atoms with Crippen LogP contribution in [0, 0.1) is 22.7 Å². The lowest BCUT2D eigenvalue weighted by Crippen LogP contribution is -2.22. The topological polar surface area (TPSA) is 50.8 Å². The number of nitriles is 2. The predicted octanol–water partition coefficient (Wildman–Crippen LogP) is 10.7. The summed E-state index contributed by atoms with van der Waals surface area (Å²) in [4.78, 5) is 4.65. The van der Waals surface area contributed by atoms with Crippen molar-refractivity contribution in [2.24, 2.45) is 0 Å². The van der Waals surface area contributed by atoms with E-state index in [1.54, 1.807) is 11.8 Å². The van der Waals surface area contributed by atoms with Gasteiger partial charge >= 0.3 is 0 Å². The van der Waals surface area contributed by atoms with Crippen molar-refractivity contribution >= 4 is 78.3 Å². The summed E-state index contributed by atoms with van der Waals surface area (Å²) in [5.74, 6) is 0. The monoisotopic (exact) mass is 665 g/mol. The fourth-order valence-corrected chi connectivity index (χ4v) is 6.40. The first-order valence-electron chi connectivity index (χ1n) is 13.0. The summed E-state index contributed by atoms with van der Waals surface area (Å²) in [7, 11) is 0. The zero-order chi connectivity index (χ0) is 28.1. The first kappa shape index (κ1) is 28.0. The number of halogens is 2. The summed E-state index contributed by atoms with van der Waals surface area (Å²) in [5.41, 5.74) is 7.33. The molecule has 4 aromatic rings. The van der Waals surface area contributed by atoms with Crippen molar-refractivity contribution in [2.75, 3.05) is 11.4 Å². The van der Waals surface area contributed by atoms with Crippen LogP contribution in [0.2, 0.25) is 0 Å². The molecule has 0 amide bonds. The lowest BCUT2D eigenvalue weighted by atomic mass is 10.0. The number of allylic oxidation sites excluding steroid dienone is 2. The standard InChI is InChI=1S/C34H25Br2N3S/c1-2-3-17-39-31-16-7-23(18-27(21-37)24-8-12-29(35)13-9-24)19-33(31)40-34-26(5-4-6-32(34)39)20-28(22-38)25-10-14-30(36)15-11-25/h4-16,18-20H,2-3,17H2,1H3/b27-18+,28-20+. The highest BCUT2D eigenvalue weighted by Gasteiger charge is 2.25. The van der Waals surface area contributed by atoms with Crippen LogP contribution in [-0.2, 0) is 0 Å². The molecule has 0 bridgehead atoms. The normalized spacial score (nSPS) is 12.8. The molecule has 0 aliphatic carbocycles. The van der Waals surface area contributed by atoms with Crippen LogP contribution >= 0.6 is 43.6 Å². The number of benzene rings is 4. The second-order valence-corrected chi connectivity index (χ2v) is 12.3. The van der Waals surface area contributed by atoms with Gasteiger partial charge in [-0.2, -0.15) is 10.5 Å². The Labute approximate surface area is 256 Å². The van der Waals surface area contributed by atoms with Crippen molar-refractivity contribution < 1.29 is 0 Å². The van der Waals surface area contributed by atoms with Crippen LogP contribution in [0.15, 0.2) is 104 Å². The molecule has 0 atom stereocenters. The minimum Gasteiger partial charge on any atom is -0.340 e. The van der Waals surface area contributed by atoms with Gasteiger partial charge in [0.15, 0.2) is 0 Å². The largest absolute Gasteiger partial charge is 0.340 e. The number of nitrogens with zero attached hydrogens (tertiary/aromatic N) is 3. The van der Waals surface area contributed by atoms with Gasteiger partial charge in [-0.1, -0.05) is 99.4 Å². The third kappa shape index (κ3) is 6.11. The molecule has 1 aliphatic rings. The highest BCUT2D eigenvalue weighted by molar-refractivity contribution is 9.10. The van der Waals surface area contributed by atoms with E-state index in [0.717, 1.165) is 66.1 Å². The first-order valence-corrected chi connectivity index (χ1v) is 15.4. The molecule has 6 heteroatoms. The molecule has 1 heterocycles. The quantitative estimate of drug-likeness (QED) is 0.145. The third-order valence-electron chi connectivity index (χ3n) is 6.70. The predicted molar refractivity (Wildman–Crippen MR) is 174 cm³/mol. The summed E-state index contributed by atoms with van der Waals surface area (Å²) in [6.45, 7) is 3.11. The molecule has 0 saturated heterocycles. The number of fused-ring (bicyclic) bond motifs is 2. The fraction of sp³-hybridized carbons (Fsp3) is 0.118. The Balaban J connectivity index is 1.58. The minimum absolute atomic E-state index is 0.619. The number of hydrogen-bond acceptors (Lipinski definition) is 4. The average Bonchev–Trinajstić information content (AvgIpc) is 2.98. The molecule has 0 spiro atoms.